The molecule has 0 amide bonds. The summed E-state index contributed by atoms with van der Waals surface area (Å²) in [5.41, 5.74) is 9.48. The van der Waals surface area contributed by atoms with Crippen molar-refractivity contribution >= 4 is 16.6 Å². The molecule has 0 aliphatic carbocycles. The molecule has 1 saturated heterocycles. The molecule has 0 spiro atoms. The Hall–Kier alpha value is -1.48. The molecule has 1 aliphatic heterocycles. The van der Waals surface area contributed by atoms with Gasteiger partial charge in [-0.05, 0) is 49.7 Å². The van der Waals surface area contributed by atoms with E-state index in [2.05, 4.69) is 34.8 Å². The lowest BCUT2D eigenvalue weighted by molar-refractivity contribution is 0.278. The van der Waals surface area contributed by atoms with Gasteiger partial charge in [-0.25, -0.2) is 0 Å². The molecule has 3 nitrogen and oxygen atoms in total. The Morgan fingerprint density at radius 1 is 1.11 bits per heavy atom. The SMILES string of the molecule is Cn1cc(CN2CCCCCC2)c2cc(N)ccc21. The molecule has 19 heavy (non-hydrogen) atoms. The minimum absolute atomic E-state index is 0.857. The van der Waals surface area contributed by atoms with E-state index in [1.165, 1.54) is 55.2 Å². The van der Waals surface area contributed by atoms with Crippen molar-refractivity contribution < 1.29 is 0 Å². The van der Waals surface area contributed by atoms with Crippen LogP contribution >= 0.6 is 0 Å². The topological polar surface area (TPSA) is 34.2 Å². The van der Waals surface area contributed by atoms with Crippen LogP contribution in [-0.4, -0.2) is 22.6 Å². The first-order chi connectivity index (χ1) is 9.24. The molecule has 0 unspecified atom stereocenters. The lowest BCUT2D eigenvalue weighted by Gasteiger charge is -2.19. The van der Waals surface area contributed by atoms with Crippen molar-refractivity contribution in [1.29, 1.82) is 0 Å². The summed E-state index contributed by atoms with van der Waals surface area (Å²) in [5.74, 6) is 0. The van der Waals surface area contributed by atoms with Gasteiger partial charge in [0, 0.05) is 36.4 Å². The second kappa shape index (κ2) is 5.25. The number of hydrogen-bond acceptors (Lipinski definition) is 2. The smallest absolute Gasteiger partial charge is 0.0482 e. The molecule has 2 heterocycles. The number of nitrogen functional groups attached to an aromatic ring is 1. The number of anilines is 1. The fraction of sp³-hybridized carbons (Fsp3) is 0.500. The third-order valence-electron chi connectivity index (χ3n) is 4.19. The molecule has 1 aliphatic rings. The van der Waals surface area contributed by atoms with Gasteiger partial charge in [0.05, 0.1) is 0 Å². The molecule has 1 fully saturated rings. The lowest BCUT2D eigenvalue weighted by atomic mass is 10.1. The third kappa shape index (κ3) is 2.61. The third-order valence-corrected chi connectivity index (χ3v) is 4.19. The highest BCUT2D eigenvalue weighted by Gasteiger charge is 2.13. The van der Waals surface area contributed by atoms with Crippen LogP contribution in [0.1, 0.15) is 31.2 Å². The van der Waals surface area contributed by atoms with Crippen LogP contribution in [0.25, 0.3) is 10.9 Å². The molecular weight excluding hydrogens is 234 g/mol. The predicted octanol–water partition coefficient (Wildman–Crippen LogP) is 3.14. The maximum absolute atomic E-state index is 5.94. The Morgan fingerprint density at radius 3 is 2.58 bits per heavy atom. The molecule has 2 N–H and O–H groups in total. The van der Waals surface area contributed by atoms with Gasteiger partial charge < -0.3 is 10.3 Å². The van der Waals surface area contributed by atoms with Crippen LogP contribution in [0.2, 0.25) is 0 Å². The van der Waals surface area contributed by atoms with Crippen molar-refractivity contribution in [2.24, 2.45) is 7.05 Å². The Balaban J connectivity index is 1.89. The van der Waals surface area contributed by atoms with Crippen LogP contribution in [0, 0.1) is 0 Å². The summed E-state index contributed by atoms with van der Waals surface area (Å²) in [5, 5.41) is 1.31. The van der Waals surface area contributed by atoms with Gasteiger partial charge in [-0.2, -0.15) is 0 Å². The molecule has 3 heteroatoms. The van der Waals surface area contributed by atoms with E-state index in [4.69, 9.17) is 5.73 Å². The maximum Gasteiger partial charge on any atom is 0.0482 e. The van der Waals surface area contributed by atoms with Gasteiger partial charge in [0.1, 0.15) is 0 Å². The lowest BCUT2D eigenvalue weighted by Crippen LogP contribution is -2.23. The van der Waals surface area contributed by atoms with Crippen LogP contribution < -0.4 is 5.73 Å². The molecule has 2 aromatic rings. The first-order valence-electron chi connectivity index (χ1n) is 7.30. The number of likely N-dealkylation sites (tertiary alicyclic amines) is 1. The van der Waals surface area contributed by atoms with Crippen molar-refractivity contribution in [3.05, 3.63) is 30.0 Å². The van der Waals surface area contributed by atoms with Crippen LogP contribution in [0.3, 0.4) is 0 Å². The highest BCUT2D eigenvalue weighted by molar-refractivity contribution is 5.86. The normalized spacial score (nSPS) is 17.7. The van der Waals surface area contributed by atoms with Crippen LogP contribution in [0.4, 0.5) is 5.69 Å². The quantitative estimate of drug-likeness (QED) is 0.839. The molecule has 102 valence electrons. The zero-order chi connectivity index (χ0) is 13.2. The fourth-order valence-corrected chi connectivity index (χ4v) is 3.15. The van der Waals surface area contributed by atoms with Crippen LogP contribution in [0.15, 0.2) is 24.4 Å². The zero-order valence-electron chi connectivity index (χ0n) is 11.7. The number of hydrogen-bond donors (Lipinski definition) is 1. The summed E-state index contributed by atoms with van der Waals surface area (Å²) in [6, 6.07) is 6.22. The molecule has 1 aromatic carbocycles. The predicted molar refractivity (Wildman–Crippen MR) is 81.1 cm³/mol. The van der Waals surface area contributed by atoms with Crippen molar-refractivity contribution in [1.82, 2.24) is 9.47 Å². The minimum atomic E-state index is 0.857. The van der Waals surface area contributed by atoms with Gasteiger partial charge in [-0.15, -0.1) is 0 Å². The van der Waals surface area contributed by atoms with E-state index in [0.29, 0.717) is 0 Å². The van der Waals surface area contributed by atoms with Crippen molar-refractivity contribution in [2.75, 3.05) is 18.8 Å². The number of aryl methyl sites for hydroxylation is 1. The number of nitrogens with zero attached hydrogens (tertiary/aromatic N) is 2. The molecule has 1 aromatic heterocycles. The maximum atomic E-state index is 5.94. The summed E-state index contributed by atoms with van der Waals surface area (Å²) in [4.78, 5) is 2.59. The number of fused-ring (bicyclic) bond motifs is 1. The Kier molecular flexibility index (Phi) is 3.47. The summed E-state index contributed by atoms with van der Waals surface area (Å²) in [7, 11) is 2.12. The number of benzene rings is 1. The summed E-state index contributed by atoms with van der Waals surface area (Å²) >= 11 is 0. The van der Waals surface area contributed by atoms with Gasteiger partial charge in [0.15, 0.2) is 0 Å². The van der Waals surface area contributed by atoms with Gasteiger partial charge in [-0.3, -0.25) is 4.90 Å². The van der Waals surface area contributed by atoms with Crippen molar-refractivity contribution in [3.8, 4) is 0 Å². The molecular formula is C16H23N3. The van der Waals surface area contributed by atoms with E-state index < -0.39 is 0 Å². The van der Waals surface area contributed by atoms with E-state index >= 15 is 0 Å². The van der Waals surface area contributed by atoms with Crippen molar-refractivity contribution in [3.63, 3.8) is 0 Å². The second-order valence-corrected chi connectivity index (χ2v) is 5.73. The number of nitrogens with two attached hydrogens (primary N) is 1. The van der Waals surface area contributed by atoms with E-state index in [1.807, 2.05) is 6.07 Å². The van der Waals surface area contributed by atoms with Crippen LogP contribution in [-0.2, 0) is 13.6 Å². The van der Waals surface area contributed by atoms with Crippen LogP contribution in [0.5, 0.6) is 0 Å². The average molecular weight is 257 g/mol. The van der Waals surface area contributed by atoms with E-state index in [9.17, 15) is 0 Å². The molecule has 0 radical (unpaired) electrons. The summed E-state index contributed by atoms with van der Waals surface area (Å²) in [6.45, 7) is 3.53. The summed E-state index contributed by atoms with van der Waals surface area (Å²) in [6.07, 6.45) is 7.72. The van der Waals surface area contributed by atoms with E-state index in [-0.39, 0.29) is 0 Å². The first-order valence-corrected chi connectivity index (χ1v) is 7.30. The first kappa shape index (κ1) is 12.5. The van der Waals surface area contributed by atoms with Gasteiger partial charge >= 0.3 is 0 Å². The minimum Gasteiger partial charge on any atom is -0.399 e. The second-order valence-electron chi connectivity index (χ2n) is 5.73. The molecule has 0 saturated carbocycles. The number of rotatable bonds is 2. The molecule has 0 atom stereocenters. The zero-order valence-corrected chi connectivity index (χ0v) is 11.7. The van der Waals surface area contributed by atoms with Gasteiger partial charge in [-0.1, -0.05) is 12.8 Å². The van der Waals surface area contributed by atoms with Gasteiger partial charge in [0.25, 0.3) is 0 Å². The Labute approximate surface area is 115 Å². The van der Waals surface area contributed by atoms with Crippen molar-refractivity contribution in [2.45, 2.75) is 32.2 Å². The largest absolute Gasteiger partial charge is 0.399 e. The summed E-state index contributed by atoms with van der Waals surface area (Å²) < 4.78 is 2.21. The average Bonchev–Trinajstić information content (AvgIpc) is 2.58. The molecule has 3 rings (SSSR count). The standard InChI is InChI=1S/C16H23N3/c1-18-11-13(12-19-8-4-2-3-5-9-19)15-10-14(17)6-7-16(15)18/h6-7,10-11H,2-5,8-9,12,17H2,1H3. The Bertz CT molecular complexity index is 563. The van der Waals surface area contributed by atoms with Gasteiger partial charge in [0.2, 0.25) is 0 Å². The number of aromatic nitrogens is 1. The Morgan fingerprint density at radius 2 is 1.84 bits per heavy atom. The monoisotopic (exact) mass is 257 g/mol. The molecule has 0 bridgehead atoms. The highest BCUT2D eigenvalue weighted by atomic mass is 15.1. The van der Waals surface area contributed by atoms with E-state index in [1.54, 1.807) is 0 Å². The fourth-order valence-electron chi connectivity index (χ4n) is 3.15. The highest BCUT2D eigenvalue weighted by Crippen LogP contribution is 2.25. The van der Waals surface area contributed by atoms with E-state index in [0.717, 1.165) is 12.2 Å².